The van der Waals surface area contributed by atoms with E-state index in [2.05, 4.69) is 30.7 Å². The third-order valence-corrected chi connectivity index (χ3v) is 4.62. The molecule has 112 valence electrons. The topological polar surface area (TPSA) is 25.8 Å². The van der Waals surface area contributed by atoms with Gasteiger partial charge in [-0.3, -0.25) is 0 Å². The van der Waals surface area contributed by atoms with E-state index in [1.54, 1.807) is 11.8 Å². The van der Waals surface area contributed by atoms with Crippen molar-refractivity contribution >= 4 is 35.0 Å². The molecule has 1 aromatic carbocycles. The SMILES string of the molecule is Cc1cccc(-c2c(Cl)nc(CSC(C)(C)C)nc2Cl)c1. The molecule has 0 amide bonds. The summed E-state index contributed by atoms with van der Waals surface area (Å²) in [7, 11) is 0. The maximum atomic E-state index is 6.33. The van der Waals surface area contributed by atoms with E-state index in [4.69, 9.17) is 23.2 Å². The Morgan fingerprint density at radius 1 is 1.10 bits per heavy atom. The largest absolute Gasteiger partial charge is 0.220 e. The van der Waals surface area contributed by atoms with Crippen LogP contribution in [0.25, 0.3) is 11.1 Å². The molecule has 0 aliphatic rings. The van der Waals surface area contributed by atoms with Crippen LogP contribution in [-0.2, 0) is 5.75 Å². The summed E-state index contributed by atoms with van der Waals surface area (Å²) in [6.45, 7) is 8.49. The van der Waals surface area contributed by atoms with Crippen LogP contribution in [0.2, 0.25) is 10.3 Å². The minimum Gasteiger partial charge on any atom is -0.220 e. The van der Waals surface area contributed by atoms with Crippen LogP contribution in [0.5, 0.6) is 0 Å². The molecule has 0 saturated carbocycles. The molecule has 2 rings (SSSR count). The molecule has 1 heterocycles. The molecule has 5 heteroatoms. The number of hydrogen-bond acceptors (Lipinski definition) is 3. The quantitative estimate of drug-likeness (QED) is 0.661. The van der Waals surface area contributed by atoms with Gasteiger partial charge in [-0.05, 0) is 12.5 Å². The number of rotatable bonds is 3. The molecule has 0 spiro atoms. The number of aromatic nitrogens is 2. The third-order valence-electron chi connectivity index (χ3n) is 2.81. The summed E-state index contributed by atoms with van der Waals surface area (Å²) in [6, 6.07) is 7.99. The molecule has 0 radical (unpaired) electrons. The predicted molar refractivity (Wildman–Crippen MR) is 93.3 cm³/mol. The van der Waals surface area contributed by atoms with Crippen molar-refractivity contribution in [2.24, 2.45) is 0 Å². The van der Waals surface area contributed by atoms with Crippen molar-refractivity contribution in [2.45, 2.75) is 38.2 Å². The first-order valence-electron chi connectivity index (χ1n) is 6.69. The maximum absolute atomic E-state index is 6.33. The normalized spacial score (nSPS) is 11.7. The molecule has 0 fully saturated rings. The highest BCUT2D eigenvalue weighted by molar-refractivity contribution is 7.99. The van der Waals surface area contributed by atoms with Gasteiger partial charge in [-0.25, -0.2) is 9.97 Å². The fourth-order valence-corrected chi connectivity index (χ4v) is 3.16. The second-order valence-corrected chi connectivity index (χ2v) is 8.39. The molecule has 0 N–H and O–H groups in total. The Labute approximate surface area is 140 Å². The Kier molecular flexibility index (Phi) is 5.18. The summed E-state index contributed by atoms with van der Waals surface area (Å²) in [6.07, 6.45) is 0. The molecule has 0 bridgehead atoms. The second kappa shape index (κ2) is 6.55. The van der Waals surface area contributed by atoms with Gasteiger partial charge < -0.3 is 0 Å². The van der Waals surface area contributed by atoms with E-state index in [1.165, 1.54) is 0 Å². The highest BCUT2D eigenvalue weighted by Gasteiger charge is 2.16. The van der Waals surface area contributed by atoms with Gasteiger partial charge in [0.2, 0.25) is 0 Å². The van der Waals surface area contributed by atoms with Crippen molar-refractivity contribution in [1.29, 1.82) is 0 Å². The Hall–Kier alpha value is -0.770. The van der Waals surface area contributed by atoms with Crippen LogP contribution in [0.3, 0.4) is 0 Å². The lowest BCUT2D eigenvalue weighted by atomic mass is 10.1. The summed E-state index contributed by atoms with van der Waals surface area (Å²) in [5.41, 5.74) is 2.79. The number of hydrogen-bond donors (Lipinski definition) is 0. The minimum absolute atomic E-state index is 0.150. The first-order chi connectivity index (χ1) is 9.76. The molecule has 0 aliphatic heterocycles. The van der Waals surface area contributed by atoms with Gasteiger partial charge in [-0.15, -0.1) is 11.8 Å². The average molecular weight is 341 g/mol. The fraction of sp³-hybridized carbons (Fsp3) is 0.375. The molecule has 1 aromatic heterocycles. The molecule has 0 saturated heterocycles. The van der Waals surface area contributed by atoms with Gasteiger partial charge in [0.1, 0.15) is 16.1 Å². The van der Waals surface area contributed by atoms with Crippen molar-refractivity contribution in [2.75, 3.05) is 0 Å². The smallest absolute Gasteiger partial charge is 0.142 e. The predicted octanol–water partition coefficient (Wildman–Crippen LogP) is 5.79. The van der Waals surface area contributed by atoms with Crippen molar-refractivity contribution in [3.63, 3.8) is 0 Å². The van der Waals surface area contributed by atoms with Gasteiger partial charge >= 0.3 is 0 Å². The van der Waals surface area contributed by atoms with E-state index in [1.807, 2.05) is 31.2 Å². The van der Waals surface area contributed by atoms with E-state index < -0.39 is 0 Å². The van der Waals surface area contributed by atoms with E-state index in [9.17, 15) is 0 Å². The maximum Gasteiger partial charge on any atom is 0.142 e. The second-order valence-electron chi connectivity index (χ2n) is 5.87. The monoisotopic (exact) mass is 340 g/mol. The molecule has 0 atom stereocenters. The van der Waals surface area contributed by atoms with E-state index in [-0.39, 0.29) is 4.75 Å². The molecule has 2 nitrogen and oxygen atoms in total. The van der Waals surface area contributed by atoms with Crippen molar-refractivity contribution < 1.29 is 0 Å². The summed E-state index contributed by atoms with van der Waals surface area (Å²) >= 11 is 14.4. The zero-order chi connectivity index (χ0) is 15.6. The number of thioether (sulfide) groups is 1. The first kappa shape index (κ1) is 16.6. The van der Waals surface area contributed by atoms with Crippen LogP contribution in [-0.4, -0.2) is 14.7 Å². The van der Waals surface area contributed by atoms with Crippen LogP contribution < -0.4 is 0 Å². The zero-order valence-electron chi connectivity index (χ0n) is 12.6. The lowest BCUT2D eigenvalue weighted by Gasteiger charge is -2.17. The fourth-order valence-electron chi connectivity index (χ4n) is 1.83. The standard InChI is InChI=1S/C16H18Cl2N2S/c1-10-6-5-7-11(8-10)13-14(17)19-12(20-15(13)18)9-21-16(2,3)4/h5-8H,9H2,1-4H3. The minimum atomic E-state index is 0.150. The average Bonchev–Trinajstić information content (AvgIpc) is 2.35. The Bertz CT molecular complexity index is 628. The molecular formula is C16H18Cl2N2S. The summed E-state index contributed by atoms with van der Waals surface area (Å²) in [5.74, 6) is 1.36. The third kappa shape index (κ3) is 4.60. The zero-order valence-corrected chi connectivity index (χ0v) is 14.9. The number of halogens is 2. The van der Waals surface area contributed by atoms with Crippen LogP contribution >= 0.6 is 35.0 Å². The van der Waals surface area contributed by atoms with Crippen molar-refractivity contribution in [3.8, 4) is 11.1 Å². The summed E-state index contributed by atoms with van der Waals surface area (Å²) in [4.78, 5) is 8.78. The van der Waals surface area contributed by atoms with Gasteiger partial charge in [0.15, 0.2) is 0 Å². The van der Waals surface area contributed by atoms with Gasteiger partial charge in [0, 0.05) is 4.75 Å². The van der Waals surface area contributed by atoms with Gasteiger partial charge in [0.25, 0.3) is 0 Å². The number of aryl methyl sites for hydroxylation is 1. The van der Waals surface area contributed by atoms with Crippen LogP contribution in [0.1, 0.15) is 32.2 Å². The van der Waals surface area contributed by atoms with Crippen LogP contribution in [0.4, 0.5) is 0 Å². The molecule has 21 heavy (non-hydrogen) atoms. The van der Waals surface area contributed by atoms with Crippen molar-refractivity contribution in [1.82, 2.24) is 9.97 Å². The van der Waals surface area contributed by atoms with Crippen molar-refractivity contribution in [3.05, 3.63) is 46.0 Å². The Balaban J connectivity index is 2.34. The molecule has 0 unspecified atom stereocenters. The van der Waals surface area contributed by atoms with E-state index in [0.29, 0.717) is 27.4 Å². The lowest BCUT2D eigenvalue weighted by molar-refractivity contribution is 0.800. The van der Waals surface area contributed by atoms with Crippen LogP contribution in [0.15, 0.2) is 24.3 Å². The Morgan fingerprint density at radius 2 is 1.71 bits per heavy atom. The first-order valence-corrected chi connectivity index (χ1v) is 8.43. The van der Waals surface area contributed by atoms with E-state index >= 15 is 0 Å². The molecule has 2 aromatic rings. The van der Waals surface area contributed by atoms with Gasteiger partial charge in [-0.1, -0.05) is 73.8 Å². The summed E-state index contributed by atoms with van der Waals surface area (Å²) in [5, 5.41) is 0.815. The van der Waals surface area contributed by atoms with E-state index in [0.717, 1.165) is 11.1 Å². The van der Waals surface area contributed by atoms with Crippen LogP contribution in [0, 0.1) is 6.92 Å². The Morgan fingerprint density at radius 3 is 2.24 bits per heavy atom. The highest BCUT2D eigenvalue weighted by Crippen LogP contribution is 2.34. The highest BCUT2D eigenvalue weighted by atomic mass is 35.5. The number of benzene rings is 1. The number of nitrogens with zero attached hydrogens (tertiary/aromatic N) is 2. The lowest BCUT2D eigenvalue weighted by Crippen LogP contribution is -2.09. The van der Waals surface area contributed by atoms with Gasteiger partial charge in [0.05, 0.1) is 11.3 Å². The molecular weight excluding hydrogens is 323 g/mol. The van der Waals surface area contributed by atoms with Gasteiger partial charge in [-0.2, -0.15) is 0 Å². The summed E-state index contributed by atoms with van der Waals surface area (Å²) < 4.78 is 0.150. The molecule has 0 aliphatic carbocycles.